The Morgan fingerprint density at radius 2 is 2.13 bits per heavy atom. The molecule has 0 saturated heterocycles. The van der Waals surface area contributed by atoms with Crippen LogP contribution in [-0.2, 0) is 0 Å². The van der Waals surface area contributed by atoms with E-state index in [1.54, 1.807) is 6.07 Å². The summed E-state index contributed by atoms with van der Waals surface area (Å²) in [6, 6.07) is 3.10. The highest BCUT2D eigenvalue weighted by Gasteiger charge is 2.12. The molecule has 1 atom stereocenters. The van der Waals surface area contributed by atoms with Gasteiger partial charge in [0.05, 0.1) is 16.7 Å². The minimum Gasteiger partial charge on any atom is -0.488 e. The summed E-state index contributed by atoms with van der Waals surface area (Å²) in [4.78, 5) is 10.8. The minimum absolute atomic E-state index is 0.0161. The lowest BCUT2D eigenvalue weighted by Gasteiger charge is -2.15. The molecule has 1 unspecified atom stereocenters. The SMILES string of the molecule is CCC(C)Oc1c(Cl)cc(Cl)cc1C=O. The van der Waals surface area contributed by atoms with E-state index >= 15 is 0 Å². The molecule has 0 aliphatic carbocycles. The van der Waals surface area contributed by atoms with Crippen molar-refractivity contribution in [2.75, 3.05) is 0 Å². The quantitative estimate of drug-likeness (QED) is 0.752. The summed E-state index contributed by atoms with van der Waals surface area (Å²) in [5, 5.41) is 0.795. The number of carbonyl (C=O) groups is 1. The monoisotopic (exact) mass is 246 g/mol. The molecule has 2 nitrogen and oxygen atoms in total. The Balaban J connectivity index is 3.09. The van der Waals surface area contributed by atoms with Crippen molar-refractivity contribution in [1.82, 2.24) is 0 Å². The Labute approximate surface area is 99.1 Å². The maximum absolute atomic E-state index is 10.8. The van der Waals surface area contributed by atoms with Crippen LogP contribution in [0.2, 0.25) is 10.0 Å². The van der Waals surface area contributed by atoms with Crippen LogP contribution in [0.4, 0.5) is 0 Å². The van der Waals surface area contributed by atoms with Gasteiger partial charge in [-0.05, 0) is 25.5 Å². The smallest absolute Gasteiger partial charge is 0.153 e. The van der Waals surface area contributed by atoms with E-state index in [2.05, 4.69) is 0 Å². The largest absolute Gasteiger partial charge is 0.488 e. The van der Waals surface area contributed by atoms with Crippen molar-refractivity contribution in [2.24, 2.45) is 0 Å². The summed E-state index contributed by atoms with van der Waals surface area (Å²) >= 11 is 11.7. The van der Waals surface area contributed by atoms with Crippen LogP contribution in [0.3, 0.4) is 0 Å². The highest BCUT2D eigenvalue weighted by molar-refractivity contribution is 6.36. The van der Waals surface area contributed by atoms with E-state index in [1.165, 1.54) is 6.07 Å². The summed E-state index contributed by atoms with van der Waals surface area (Å²) < 4.78 is 5.55. The van der Waals surface area contributed by atoms with Gasteiger partial charge in [0.2, 0.25) is 0 Å². The molecule has 0 aliphatic rings. The molecule has 0 spiro atoms. The molecule has 0 heterocycles. The Hall–Kier alpha value is -0.730. The summed E-state index contributed by atoms with van der Waals surface area (Å²) in [6.07, 6.45) is 1.55. The predicted octanol–water partition coefficient (Wildman–Crippen LogP) is 3.98. The zero-order chi connectivity index (χ0) is 11.4. The van der Waals surface area contributed by atoms with E-state index in [4.69, 9.17) is 27.9 Å². The Morgan fingerprint density at radius 3 is 2.67 bits per heavy atom. The van der Waals surface area contributed by atoms with Crippen LogP contribution in [-0.4, -0.2) is 12.4 Å². The van der Waals surface area contributed by atoms with Crippen LogP contribution >= 0.6 is 23.2 Å². The van der Waals surface area contributed by atoms with Gasteiger partial charge in [-0.15, -0.1) is 0 Å². The first-order valence-corrected chi connectivity index (χ1v) is 5.45. The van der Waals surface area contributed by atoms with E-state index < -0.39 is 0 Å². The predicted molar refractivity (Wildman–Crippen MR) is 62.2 cm³/mol. The first-order valence-electron chi connectivity index (χ1n) is 4.69. The van der Waals surface area contributed by atoms with Gasteiger partial charge in [0.1, 0.15) is 5.75 Å². The van der Waals surface area contributed by atoms with E-state index in [-0.39, 0.29) is 6.10 Å². The van der Waals surface area contributed by atoms with Gasteiger partial charge >= 0.3 is 0 Å². The molecule has 1 aromatic carbocycles. The third-order valence-corrected chi connectivity index (χ3v) is 2.56. The minimum atomic E-state index is 0.0161. The fourth-order valence-electron chi connectivity index (χ4n) is 1.08. The number of ether oxygens (including phenoxy) is 1. The van der Waals surface area contributed by atoms with Crippen molar-refractivity contribution in [2.45, 2.75) is 26.4 Å². The molecule has 0 aliphatic heterocycles. The maximum Gasteiger partial charge on any atom is 0.153 e. The number of hydrogen-bond donors (Lipinski definition) is 0. The van der Waals surface area contributed by atoms with E-state index in [0.717, 1.165) is 6.42 Å². The standard InChI is InChI=1S/C11H12Cl2O2/c1-3-7(2)15-11-8(6-14)4-9(12)5-10(11)13/h4-7H,3H2,1-2H3. The molecular weight excluding hydrogens is 235 g/mol. The fraction of sp³-hybridized carbons (Fsp3) is 0.364. The van der Waals surface area contributed by atoms with Crippen molar-refractivity contribution in [3.05, 3.63) is 27.7 Å². The van der Waals surface area contributed by atoms with Crippen molar-refractivity contribution < 1.29 is 9.53 Å². The van der Waals surface area contributed by atoms with Crippen molar-refractivity contribution >= 4 is 29.5 Å². The van der Waals surface area contributed by atoms with E-state index in [1.807, 2.05) is 13.8 Å². The van der Waals surface area contributed by atoms with Crippen LogP contribution in [0.25, 0.3) is 0 Å². The fourth-order valence-corrected chi connectivity index (χ4v) is 1.63. The third-order valence-electron chi connectivity index (χ3n) is 2.06. The molecule has 82 valence electrons. The van der Waals surface area contributed by atoms with Crippen LogP contribution in [0.5, 0.6) is 5.75 Å². The highest BCUT2D eigenvalue weighted by Crippen LogP contribution is 2.32. The summed E-state index contributed by atoms with van der Waals surface area (Å²) in [5.41, 5.74) is 0.382. The maximum atomic E-state index is 10.8. The average Bonchev–Trinajstić information content (AvgIpc) is 2.21. The normalized spacial score (nSPS) is 12.3. The van der Waals surface area contributed by atoms with Crippen molar-refractivity contribution in [1.29, 1.82) is 0 Å². The third kappa shape index (κ3) is 3.11. The zero-order valence-electron chi connectivity index (χ0n) is 8.59. The van der Waals surface area contributed by atoms with Gasteiger partial charge in [-0.1, -0.05) is 30.1 Å². The van der Waals surface area contributed by atoms with Crippen molar-refractivity contribution in [3.8, 4) is 5.75 Å². The van der Waals surface area contributed by atoms with Crippen LogP contribution in [0.15, 0.2) is 12.1 Å². The van der Waals surface area contributed by atoms with Crippen LogP contribution in [0.1, 0.15) is 30.6 Å². The first-order chi connectivity index (χ1) is 7.08. The lowest BCUT2D eigenvalue weighted by Crippen LogP contribution is -2.11. The molecule has 0 bridgehead atoms. The molecular formula is C11H12Cl2O2. The number of halogens is 2. The Kier molecular flexibility index (Phi) is 4.43. The topological polar surface area (TPSA) is 26.3 Å². The summed E-state index contributed by atoms with van der Waals surface area (Å²) in [5.74, 6) is 0.408. The van der Waals surface area contributed by atoms with Crippen molar-refractivity contribution in [3.63, 3.8) is 0 Å². The molecule has 0 saturated carbocycles. The molecule has 0 aromatic heterocycles. The molecule has 15 heavy (non-hydrogen) atoms. The Bertz CT molecular complexity index is 364. The average molecular weight is 247 g/mol. The molecule has 0 N–H and O–H groups in total. The highest BCUT2D eigenvalue weighted by atomic mass is 35.5. The second-order valence-corrected chi connectivity index (χ2v) is 4.10. The lowest BCUT2D eigenvalue weighted by atomic mass is 10.2. The number of benzene rings is 1. The van der Waals surface area contributed by atoms with Gasteiger partial charge in [-0.2, -0.15) is 0 Å². The van der Waals surface area contributed by atoms with Crippen LogP contribution < -0.4 is 4.74 Å². The van der Waals surface area contributed by atoms with Gasteiger partial charge in [0.25, 0.3) is 0 Å². The van der Waals surface area contributed by atoms with Gasteiger partial charge in [-0.25, -0.2) is 0 Å². The molecule has 0 amide bonds. The number of carbonyl (C=O) groups excluding carboxylic acids is 1. The number of hydrogen-bond acceptors (Lipinski definition) is 2. The molecule has 4 heteroatoms. The Morgan fingerprint density at radius 1 is 1.47 bits per heavy atom. The molecule has 0 radical (unpaired) electrons. The van der Waals surface area contributed by atoms with Crippen LogP contribution in [0, 0.1) is 0 Å². The second kappa shape index (κ2) is 5.38. The second-order valence-electron chi connectivity index (χ2n) is 3.26. The summed E-state index contributed by atoms with van der Waals surface area (Å²) in [6.45, 7) is 3.91. The molecule has 1 aromatic rings. The lowest BCUT2D eigenvalue weighted by molar-refractivity contribution is 0.111. The zero-order valence-corrected chi connectivity index (χ0v) is 10.1. The van der Waals surface area contributed by atoms with Gasteiger partial charge < -0.3 is 4.74 Å². The van der Waals surface area contributed by atoms with E-state index in [9.17, 15) is 4.79 Å². The van der Waals surface area contributed by atoms with Gasteiger partial charge in [-0.3, -0.25) is 4.79 Å². The number of aldehydes is 1. The van der Waals surface area contributed by atoms with E-state index in [0.29, 0.717) is 27.6 Å². The number of rotatable bonds is 4. The van der Waals surface area contributed by atoms with Gasteiger partial charge in [0.15, 0.2) is 6.29 Å². The molecule has 0 fully saturated rings. The van der Waals surface area contributed by atoms with Gasteiger partial charge in [0, 0.05) is 5.02 Å². The summed E-state index contributed by atoms with van der Waals surface area (Å²) in [7, 11) is 0. The first kappa shape index (κ1) is 12.3. The molecule has 1 rings (SSSR count).